The third-order valence-electron chi connectivity index (χ3n) is 2.37. The molecule has 0 unspecified atom stereocenters. The molecule has 1 aromatic carbocycles. The maximum Gasteiger partial charge on any atom is 0.274 e. The van der Waals surface area contributed by atoms with Crippen LogP contribution in [0.3, 0.4) is 0 Å². The van der Waals surface area contributed by atoms with Crippen molar-refractivity contribution in [2.75, 3.05) is 0 Å². The van der Waals surface area contributed by atoms with E-state index in [9.17, 15) is 14.5 Å². The van der Waals surface area contributed by atoms with E-state index in [-0.39, 0.29) is 24.3 Å². The van der Waals surface area contributed by atoms with E-state index in [2.05, 4.69) is 10.3 Å². The summed E-state index contributed by atoms with van der Waals surface area (Å²) in [4.78, 5) is 10.2. The molecule has 0 spiro atoms. The molecule has 0 aliphatic rings. The highest BCUT2D eigenvalue weighted by atomic mass is 19.1. The zero-order valence-electron chi connectivity index (χ0n) is 9.28. The largest absolute Gasteiger partial charge is 0.325 e. The molecule has 1 heterocycles. The van der Waals surface area contributed by atoms with Crippen molar-refractivity contribution in [2.24, 2.45) is 5.73 Å². The molecule has 0 aliphatic carbocycles. The summed E-state index contributed by atoms with van der Waals surface area (Å²) in [6.07, 6.45) is 1.56. The van der Waals surface area contributed by atoms with Gasteiger partial charge in [0.15, 0.2) is 0 Å². The second kappa shape index (κ2) is 4.88. The monoisotopic (exact) mass is 251 g/mol. The van der Waals surface area contributed by atoms with Crippen LogP contribution in [0, 0.1) is 15.9 Å². The summed E-state index contributed by atoms with van der Waals surface area (Å²) >= 11 is 0. The molecule has 94 valence electrons. The fourth-order valence-corrected chi connectivity index (χ4v) is 1.54. The van der Waals surface area contributed by atoms with Gasteiger partial charge in [0.1, 0.15) is 5.82 Å². The van der Waals surface area contributed by atoms with Gasteiger partial charge < -0.3 is 5.73 Å². The smallest absolute Gasteiger partial charge is 0.274 e. The van der Waals surface area contributed by atoms with Crippen LogP contribution in [-0.4, -0.2) is 19.9 Å². The van der Waals surface area contributed by atoms with E-state index in [1.807, 2.05) is 0 Å². The molecular weight excluding hydrogens is 241 g/mol. The molecule has 18 heavy (non-hydrogen) atoms. The van der Waals surface area contributed by atoms with Crippen LogP contribution in [0.4, 0.5) is 10.1 Å². The molecule has 1 aromatic heterocycles. The quantitative estimate of drug-likeness (QED) is 0.640. The average Bonchev–Trinajstić information content (AvgIpc) is 2.76. The van der Waals surface area contributed by atoms with Crippen molar-refractivity contribution in [3.05, 3.63) is 51.6 Å². The lowest BCUT2D eigenvalue weighted by molar-refractivity contribution is -0.385. The molecule has 0 aliphatic heterocycles. The Hall–Kier alpha value is -2.35. The summed E-state index contributed by atoms with van der Waals surface area (Å²) < 4.78 is 14.5. The van der Waals surface area contributed by atoms with Gasteiger partial charge in [-0.2, -0.15) is 0 Å². The van der Waals surface area contributed by atoms with Gasteiger partial charge in [0.05, 0.1) is 28.9 Å². The highest BCUT2D eigenvalue weighted by Crippen LogP contribution is 2.20. The third-order valence-corrected chi connectivity index (χ3v) is 2.37. The Kier molecular flexibility index (Phi) is 3.28. The molecule has 8 heteroatoms. The fourth-order valence-electron chi connectivity index (χ4n) is 1.54. The minimum Gasteiger partial charge on any atom is -0.325 e. The Labute approximate surface area is 101 Å². The average molecular weight is 251 g/mol. The zero-order chi connectivity index (χ0) is 13.1. The lowest BCUT2D eigenvalue weighted by Crippen LogP contribution is -2.04. The normalized spacial score (nSPS) is 10.6. The van der Waals surface area contributed by atoms with Gasteiger partial charge in [-0.25, -0.2) is 9.07 Å². The number of nitrogens with two attached hydrogens (primary N) is 1. The van der Waals surface area contributed by atoms with Gasteiger partial charge in [0.25, 0.3) is 5.69 Å². The summed E-state index contributed by atoms with van der Waals surface area (Å²) in [6.45, 7) is 0.298. The number of nitro benzene ring substituents is 1. The molecule has 0 fully saturated rings. The molecule has 0 saturated carbocycles. The van der Waals surface area contributed by atoms with Gasteiger partial charge in [0.2, 0.25) is 0 Å². The maximum absolute atomic E-state index is 13.1. The maximum atomic E-state index is 13.1. The van der Waals surface area contributed by atoms with Gasteiger partial charge in [-0.05, 0) is 12.1 Å². The molecule has 2 N–H and O–H groups in total. The Bertz CT molecular complexity index is 583. The Morgan fingerprint density at radius 1 is 1.50 bits per heavy atom. The van der Waals surface area contributed by atoms with Crippen LogP contribution in [-0.2, 0) is 13.1 Å². The second-order valence-corrected chi connectivity index (χ2v) is 3.64. The van der Waals surface area contributed by atoms with Crippen molar-refractivity contribution < 1.29 is 9.31 Å². The van der Waals surface area contributed by atoms with Crippen molar-refractivity contribution in [2.45, 2.75) is 13.1 Å². The van der Waals surface area contributed by atoms with Crippen LogP contribution in [0.5, 0.6) is 0 Å². The van der Waals surface area contributed by atoms with Crippen molar-refractivity contribution in [1.82, 2.24) is 15.0 Å². The zero-order valence-corrected chi connectivity index (χ0v) is 9.28. The summed E-state index contributed by atoms with van der Waals surface area (Å²) in [7, 11) is 0. The molecule has 2 aromatic rings. The van der Waals surface area contributed by atoms with Crippen LogP contribution in [0.15, 0.2) is 24.4 Å². The van der Waals surface area contributed by atoms with E-state index < -0.39 is 10.7 Å². The predicted octanol–water partition coefficient (Wildman–Crippen LogP) is 0.832. The lowest BCUT2D eigenvalue weighted by Gasteiger charge is -2.02. The molecular formula is C10H10FN5O2. The van der Waals surface area contributed by atoms with Crippen molar-refractivity contribution >= 4 is 5.69 Å². The van der Waals surface area contributed by atoms with Crippen molar-refractivity contribution in [1.29, 1.82) is 0 Å². The molecule has 0 radical (unpaired) electrons. The number of hydrogen-bond acceptors (Lipinski definition) is 5. The van der Waals surface area contributed by atoms with Gasteiger partial charge in [0, 0.05) is 12.6 Å². The van der Waals surface area contributed by atoms with Crippen molar-refractivity contribution in [3.8, 4) is 0 Å². The lowest BCUT2D eigenvalue weighted by atomic mass is 10.2. The summed E-state index contributed by atoms with van der Waals surface area (Å²) in [5.74, 6) is -0.533. The van der Waals surface area contributed by atoms with Crippen LogP contribution in [0.2, 0.25) is 0 Å². The van der Waals surface area contributed by atoms with E-state index in [1.165, 1.54) is 4.68 Å². The molecule has 0 amide bonds. The number of hydrogen-bond donors (Lipinski definition) is 1. The van der Waals surface area contributed by atoms with Crippen LogP contribution in [0.1, 0.15) is 11.3 Å². The van der Waals surface area contributed by atoms with Gasteiger partial charge in [-0.3, -0.25) is 10.1 Å². The SMILES string of the molecule is NCc1cn(Cc2cc(F)ccc2[N+](=O)[O-])nn1. The fraction of sp³-hybridized carbons (Fsp3) is 0.200. The van der Waals surface area contributed by atoms with E-state index in [0.717, 1.165) is 18.2 Å². The first-order chi connectivity index (χ1) is 8.60. The minimum atomic E-state index is -0.560. The summed E-state index contributed by atoms with van der Waals surface area (Å²) in [6, 6.07) is 3.29. The van der Waals surface area contributed by atoms with Gasteiger partial charge in [-0.15, -0.1) is 5.10 Å². The number of nitrogens with zero attached hydrogens (tertiary/aromatic N) is 4. The Morgan fingerprint density at radius 2 is 2.28 bits per heavy atom. The first kappa shape index (κ1) is 12.1. The Balaban J connectivity index is 2.32. The van der Waals surface area contributed by atoms with E-state index in [0.29, 0.717) is 5.69 Å². The topological polar surface area (TPSA) is 99.9 Å². The third kappa shape index (κ3) is 2.48. The van der Waals surface area contributed by atoms with Crippen LogP contribution >= 0.6 is 0 Å². The van der Waals surface area contributed by atoms with Crippen LogP contribution in [0.25, 0.3) is 0 Å². The number of benzene rings is 1. The number of halogens is 1. The molecule has 2 rings (SSSR count). The van der Waals surface area contributed by atoms with Gasteiger partial charge in [-0.1, -0.05) is 5.21 Å². The van der Waals surface area contributed by atoms with Gasteiger partial charge >= 0.3 is 0 Å². The minimum absolute atomic E-state index is 0.0705. The summed E-state index contributed by atoms with van der Waals surface area (Å²) in [5.41, 5.74) is 6.02. The molecule has 7 nitrogen and oxygen atoms in total. The van der Waals surface area contributed by atoms with E-state index in [1.54, 1.807) is 6.20 Å². The van der Waals surface area contributed by atoms with Crippen molar-refractivity contribution in [3.63, 3.8) is 0 Å². The van der Waals surface area contributed by atoms with Crippen LogP contribution < -0.4 is 5.73 Å². The second-order valence-electron chi connectivity index (χ2n) is 3.64. The van der Waals surface area contributed by atoms with E-state index in [4.69, 9.17) is 5.73 Å². The Morgan fingerprint density at radius 3 is 2.89 bits per heavy atom. The molecule has 0 bridgehead atoms. The standard InChI is InChI=1S/C10H10FN5O2/c11-8-1-2-10(16(17)18)7(3-8)5-15-6-9(4-12)13-14-15/h1-3,6H,4-5,12H2. The highest BCUT2D eigenvalue weighted by molar-refractivity contribution is 5.40. The molecule has 0 atom stereocenters. The number of aromatic nitrogens is 3. The first-order valence-corrected chi connectivity index (χ1v) is 5.12. The van der Waals surface area contributed by atoms with E-state index >= 15 is 0 Å². The first-order valence-electron chi connectivity index (χ1n) is 5.12. The number of rotatable bonds is 4. The number of nitro groups is 1. The molecule has 0 saturated heterocycles. The summed E-state index contributed by atoms with van der Waals surface area (Å²) in [5, 5.41) is 18.3. The highest BCUT2D eigenvalue weighted by Gasteiger charge is 2.15. The predicted molar refractivity (Wildman–Crippen MR) is 60.1 cm³/mol.